The van der Waals surface area contributed by atoms with Gasteiger partial charge in [0.2, 0.25) is 0 Å². The lowest BCUT2D eigenvalue weighted by Gasteiger charge is -2.22. The zero-order valence-electron chi connectivity index (χ0n) is 12.0. The summed E-state index contributed by atoms with van der Waals surface area (Å²) in [5, 5.41) is 0. The van der Waals surface area contributed by atoms with Gasteiger partial charge in [-0.05, 0) is 31.4 Å². The van der Waals surface area contributed by atoms with Crippen molar-refractivity contribution in [2.24, 2.45) is 0 Å². The van der Waals surface area contributed by atoms with Gasteiger partial charge in [0.1, 0.15) is 5.69 Å². The summed E-state index contributed by atoms with van der Waals surface area (Å²) in [6.07, 6.45) is 5.24. The molecule has 0 spiro atoms. The van der Waals surface area contributed by atoms with Crippen molar-refractivity contribution in [3.63, 3.8) is 0 Å². The molecular formula is C16H18N4O. The number of rotatable bonds is 4. The second-order valence-electron chi connectivity index (χ2n) is 5.41. The van der Waals surface area contributed by atoms with Gasteiger partial charge in [0, 0.05) is 24.5 Å². The smallest absolute Gasteiger partial charge is 0.274 e. The molecule has 108 valence electrons. The molecule has 1 amide bonds. The van der Waals surface area contributed by atoms with Gasteiger partial charge in [0.15, 0.2) is 0 Å². The van der Waals surface area contributed by atoms with E-state index in [0.717, 1.165) is 24.1 Å². The van der Waals surface area contributed by atoms with E-state index < -0.39 is 0 Å². The van der Waals surface area contributed by atoms with E-state index in [1.54, 1.807) is 12.4 Å². The number of benzene rings is 1. The molecule has 1 aliphatic rings. The van der Waals surface area contributed by atoms with Crippen LogP contribution < -0.4 is 5.73 Å². The number of carbonyl (C=O) groups is 1. The molecule has 1 aromatic heterocycles. The molecule has 2 aromatic rings. The monoisotopic (exact) mass is 282 g/mol. The van der Waals surface area contributed by atoms with Crippen molar-refractivity contribution in [3.8, 4) is 0 Å². The number of nitrogen functional groups attached to an aromatic ring is 1. The van der Waals surface area contributed by atoms with Gasteiger partial charge < -0.3 is 10.6 Å². The Morgan fingerprint density at radius 2 is 2.05 bits per heavy atom. The predicted octanol–water partition coefficient (Wildman–Crippen LogP) is 2.17. The second-order valence-corrected chi connectivity index (χ2v) is 5.41. The van der Waals surface area contributed by atoms with Crippen LogP contribution in [-0.2, 0) is 6.54 Å². The zero-order chi connectivity index (χ0) is 14.8. The van der Waals surface area contributed by atoms with Crippen molar-refractivity contribution in [2.75, 3.05) is 5.73 Å². The Bertz CT molecular complexity index is 650. The highest BCUT2D eigenvalue weighted by atomic mass is 16.2. The molecule has 1 fully saturated rings. The lowest BCUT2D eigenvalue weighted by atomic mass is 10.1. The summed E-state index contributed by atoms with van der Waals surface area (Å²) in [4.78, 5) is 22.8. The first-order valence-corrected chi connectivity index (χ1v) is 7.08. The molecule has 5 heteroatoms. The SMILES string of the molecule is Cc1cnc(C(=O)N(Cc2ccccc2N)C2CC2)cn1. The van der Waals surface area contributed by atoms with Crippen LogP contribution >= 0.6 is 0 Å². The average molecular weight is 282 g/mol. The Balaban J connectivity index is 1.83. The van der Waals surface area contributed by atoms with Crippen molar-refractivity contribution in [1.82, 2.24) is 14.9 Å². The Morgan fingerprint density at radius 3 is 2.67 bits per heavy atom. The van der Waals surface area contributed by atoms with Gasteiger partial charge >= 0.3 is 0 Å². The number of anilines is 1. The van der Waals surface area contributed by atoms with Gasteiger partial charge in [-0.2, -0.15) is 0 Å². The Morgan fingerprint density at radius 1 is 1.29 bits per heavy atom. The Kier molecular flexibility index (Phi) is 3.56. The van der Waals surface area contributed by atoms with Crippen LogP contribution in [0.5, 0.6) is 0 Å². The first-order valence-electron chi connectivity index (χ1n) is 7.08. The molecule has 1 saturated carbocycles. The summed E-state index contributed by atoms with van der Waals surface area (Å²) in [7, 11) is 0. The molecule has 0 aliphatic heterocycles. The van der Waals surface area contributed by atoms with E-state index in [1.807, 2.05) is 36.1 Å². The fourth-order valence-corrected chi connectivity index (χ4v) is 2.26. The van der Waals surface area contributed by atoms with E-state index in [-0.39, 0.29) is 5.91 Å². The fraction of sp³-hybridized carbons (Fsp3) is 0.312. The van der Waals surface area contributed by atoms with Crippen LogP contribution in [0.4, 0.5) is 5.69 Å². The molecule has 2 N–H and O–H groups in total. The van der Waals surface area contributed by atoms with E-state index in [0.29, 0.717) is 24.0 Å². The van der Waals surface area contributed by atoms with E-state index in [4.69, 9.17) is 5.73 Å². The standard InChI is InChI=1S/C16H18N4O/c1-11-8-19-15(9-18-11)16(21)20(13-6-7-13)10-12-4-2-3-5-14(12)17/h2-5,8-9,13H,6-7,10,17H2,1H3. The number of aryl methyl sites for hydroxylation is 1. The molecule has 3 rings (SSSR count). The van der Waals surface area contributed by atoms with Gasteiger partial charge in [-0.15, -0.1) is 0 Å². The van der Waals surface area contributed by atoms with Gasteiger partial charge in [-0.25, -0.2) is 4.98 Å². The third-order valence-electron chi connectivity index (χ3n) is 3.64. The molecule has 0 unspecified atom stereocenters. The lowest BCUT2D eigenvalue weighted by molar-refractivity contribution is 0.0724. The normalized spacial score (nSPS) is 14.0. The van der Waals surface area contributed by atoms with Crippen LogP contribution in [0.15, 0.2) is 36.7 Å². The zero-order valence-corrected chi connectivity index (χ0v) is 12.0. The lowest BCUT2D eigenvalue weighted by Crippen LogP contribution is -2.33. The van der Waals surface area contributed by atoms with Crippen LogP contribution in [0.1, 0.15) is 34.6 Å². The third kappa shape index (κ3) is 3.02. The highest BCUT2D eigenvalue weighted by molar-refractivity contribution is 5.92. The molecule has 0 saturated heterocycles. The van der Waals surface area contributed by atoms with Crippen molar-refractivity contribution in [1.29, 1.82) is 0 Å². The number of hydrogen-bond acceptors (Lipinski definition) is 4. The molecule has 0 atom stereocenters. The average Bonchev–Trinajstić information content (AvgIpc) is 3.31. The quantitative estimate of drug-likeness (QED) is 0.872. The first kappa shape index (κ1) is 13.5. The number of nitrogens with two attached hydrogens (primary N) is 1. The molecule has 21 heavy (non-hydrogen) atoms. The molecule has 1 aromatic carbocycles. The number of para-hydroxylation sites is 1. The van der Waals surface area contributed by atoms with Crippen molar-refractivity contribution in [2.45, 2.75) is 32.4 Å². The Hall–Kier alpha value is -2.43. The van der Waals surface area contributed by atoms with Crippen LogP contribution in [0.25, 0.3) is 0 Å². The predicted molar refractivity (Wildman–Crippen MR) is 80.5 cm³/mol. The maximum absolute atomic E-state index is 12.6. The molecule has 1 aliphatic carbocycles. The summed E-state index contributed by atoms with van der Waals surface area (Å²) in [5.41, 5.74) is 8.86. The van der Waals surface area contributed by atoms with E-state index >= 15 is 0 Å². The minimum atomic E-state index is -0.0757. The molecule has 0 bridgehead atoms. The first-order chi connectivity index (χ1) is 10.1. The molecular weight excluding hydrogens is 264 g/mol. The summed E-state index contributed by atoms with van der Waals surface area (Å²) < 4.78 is 0. The largest absolute Gasteiger partial charge is 0.398 e. The van der Waals surface area contributed by atoms with Crippen molar-refractivity contribution >= 4 is 11.6 Å². The topological polar surface area (TPSA) is 72.1 Å². The fourth-order valence-electron chi connectivity index (χ4n) is 2.26. The number of nitrogens with zero attached hydrogens (tertiary/aromatic N) is 3. The van der Waals surface area contributed by atoms with Crippen molar-refractivity contribution < 1.29 is 4.79 Å². The van der Waals surface area contributed by atoms with Crippen molar-refractivity contribution in [3.05, 3.63) is 53.6 Å². The van der Waals surface area contributed by atoms with Gasteiger partial charge in [0.25, 0.3) is 5.91 Å². The van der Waals surface area contributed by atoms with Gasteiger partial charge in [-0.3, -0.25) is 9.78 Å². The summed E-state index contributed by atoms with van der Waals surface area (Å²) in [6.45, 7) is 2.37. The maximum atomic E-state index is 12.6. The van der Waals surface area contributed by atoms with E-state index in [1.165, 1.54) is 0 Å². The van der Waals surface area contributed by atoms with Crippen LogP contribution in [0.2, 0.25) is 0 Å². The number of carbonyl (C=O) groups excluding carboxylic acids is 1. The van der Waals surface area contributed by atoms with Gasteiger partial charge in [0.05, 0.1) is 11.9 Å². The van der Waals surface area contributed by atoms with E-state index in [9.17, 15) is 4.79 Å². The highest BCUT2D eigenvalue weighted by Crippen LogP contribution is 2.30. The third-order valence-corrected chi connectivity index (χ3v) is 3.64. The number of hydrogen-bond donors (Lipinski definition) is 1. The molecule has 0 radical (unpaired) electrons. The van der Waals surface area contributed by atoms with Gasteiger partial charge in [-0.1, -0.05) is 18.2 Å². The molecule has 5 nitrogen and oxygen atoms in total. The second kappa shape index (κ2) is 5.52. The summed E-state index contributed by atoms with van der Waals surface area (Å²) >= 11 is 0. The number of amides is 1. The summed E-state index contributed by atoms with van der Waals surface area (Å²) in [6, 6.07) is 7.94. The van der Waals surface area contributed by atoms with E-state index in [2.05, 4.69) is 9.97 Å². The van der Waals surface area contributed by atoms with Crippen LogP contribution in [-0.4, -0.2) is 26.8 Å². The minimum Gasteiger partial charge on any atom is -0.398 e. The minimum absolute atomic E-state index is 0.0757. The molecule has 1 heterocycles. The van der Waals surface area contributed by atoms with Crippen LogP contribution in [0, 0.1) is 6.92 Å². The Labute approximate surface area is 123 Å². The maximum Gasteiger partial charge on any atom is 0.274 e. The summed E-state index contributed by atoms with van der Waals surface area (Å²) in [5.74, 6) is -0.0757. The highest BCUT2D eigenvalue weighted by Gasteiger charge is 2.33. The van der Waals surface area contributed by atoms with Crippen LogP contribution in [0.3, 0.4) is 0 Å². The number of aromatic nitrogens is 2.